The molecule has 0 heterocycles. The van der Waals surface area contributed by atoms with Crippen LogP contribution < -0.4 is 20.9 Å². The number of esters is 2. The molecule has 1 aromatic carbocycles. The molecular formula is C15H25Cl3N2O4. The SMILES string of the molecule is CC(N)C(=O)Oc1cccc(OC(=O)C(C)N)c1C(C)C.Cl.Cl.Cl. The Bertz CT molecular complexity index is 497. The Kier molecular flexibility index (Phi) is 14.3. The third-order valence-electron chi connectivity index (χ3n) is 2.77. The summed E-state index contributed by atoms with van der Waals surface area (Å²) in [7, 11) is 0. The van der Waals surface area contributed by atoms with Gasteiger partial charge in [0.1, 0.15) is 23.6 Å². The van der Waals surface area contributed by atoms with Crippen molar-refractivity contribution in [2.75, 3.05) is 0 Å². The molecule has 0 aromatic heterocycles. The van der Waals surface area contributed by atoms with E-state index in [1.807, 2.05) is 13.8 Å². The summed E-state index contributed by atoms with van der Waals surface area (Å²) in [6, 6.07) is 3.44. The van der Waals surface area contributed by atoms with E-state index in [0.717, 1.165) is 0 Å². The fourth-order valence-electron chi connectivity index (χ4n) is 1.67. The van der Waals surface area contributed by atoms with E-state index in [-0.39, 0.29) is 43.1 Å². The first kappa shape index (κ1) is 27.8. The quantitative estimate of drug-likeness (QED) is 0.578. The summed E-state index contributed by atoms with van der Waals surface area (Å²) in [6.45, 7) is 6.89. The van der Waals surface area contributed by atoms with Crippen molar-refractivity contribution in [1.82, 2.24) is 0 Å². The molecular weight excluding hydrogens is 379 g/mol. The summed E-state index contributed by atoms with van der Waals surface area (Å²) in [5.41, 5.74) is 11.6. The molecule has 0 aliphatic carbocycles. The van der Waals surface area contributed by atoms with Crippen LogP contribution in [0.15, 0.2) is 18.2 Å². The van der Waals surface area contributed by atoms with Crippen LogP contribution >= 0.6 is 37.2 Å². The van der Waals surface area contributed by atoms with Crippen molar-refractivity contribution in [1.29, 1.82) is 0 Å². The minimum absolute atomic E-state index is 0. The van der Waals surface area contributed by atoms with E-state index >= 15 is 0 Å². The minimum atomic E-state index is -0.736. The number of ether oxygens (including phenoxy) is 2. The molecule has 1 rings (SSSR count). The van der Waals surface area contributed by atoms with Crippen molar-refractivity contribution in [3.05, 3.63) is 23.8 Å². The zero-order valence-electron chi connectivity index (χ0n) is 14.0. The van der Waals surface area contributed by atoms with Crippen LogP contribution in [0, 0.1) is 0 Å². The molecule has 0 aliphatic rings. The van der Waals surface area contributed by atoms with Crippen LogP contribution in [0.2, 0.25) is 0 Å². The fraction of sp³-hybridized carbons (Fsp3) is 0.467. The van der Waals surface area contributed by atoms with Crippen LogP contribution in [-0.2, 0) is 9.59 Å². The lowest BCUT2D eigenvalue weighted by Gasteiger charge is -2.18. The highest BCUT2D eigenvalue weighted by Crippen LogP contribution is 2.35. The fourth-order valence-corrected chi connectivity index (χ4v) is 1.67. The Morgan fingerprint density at radius 3 is 1.42 bits per heavy atom. The van der Waals surface area contributed by atoms with Crippen LogP contribution in [0.25, 0.3) is 0 Å². The van der Waals surface area contributed by atoms with E-state index < -0.39 is 24.0 Å². The van der Waals surface area contributed by atoms with Gasteiger partial charge in [-0.2, -0.15) is 0 Å². The van der Waals surface area contributed by atoms with E-state index in [1.54, 1.807) is 18.2 Å². The number of carbonyl (C=O) groups excluding carboxylic acids is 2. The van der Waals surface area contributed by atoms with E-state index in [9.17, 15) is 9.59 Å². The second-order valence-corrected chi connectivity index (χ2v) is 5.24. The Hall–Kier alpha value is -1.05. The van der Waals surface area contributed by atoms with E-state index in [2.05, 4.69) is 0 Å². The first-order chi connectivity index (χ1) is 9.73. The monoisotopic (exact) mass is 402 g/mol. The van der Waals surface area contributed by atoms with Gasteiger partial charge in [-0.25, -0.2) is 9.59 Å². The smallest absolute Gasteiger partial charge is 0.328 e. The minimum Gasteiger partial charge on any atom is -0.425 e. The van der Waals surface area contributed by atoms with Gasteiger partial charge in [0.05, 0.1) is 0 Å². The second-order valence-electron chi connectivity index (χ2n) is 5.24. The van der Waals surface area contributed by atoms with Gasteiger partial charge in [-0.05, 0) is 31.9 Å². The molecule has 24 heavy (non-hydrogen) atoms. The van der Waals surface area contributed by atoms with Gasteiger partial charge in [0.2, 0.25) is 0 Å². The molecule has 0 fully saturated rings. The first-order valence-corrected chi connectivity index (χ1v) is 6.81. The third-order valence-corrected chi connectivity index (χ3v) is 2.77. The van der Waals surface area contributed by atoms with Crippen molar-refractivity contribution in [2.24, 2.45) is 11.5 Å². The second kappa shape index (κ2) is 12.3. The summed E-state index contributed by atoms with van der Waals surface area (Å²) in [5, 5.41) is 0. The molecule has 1 aromatic rings. The summed E-state index contributed by atoms with van der Waals surface area (Å²) < 4.78 is 10.5. The maximum atomic E-state index is 11.7. The maximum Gasteiger partial charge on any atom is 0.328 e. The third kappa shape index (κ3) is 7.68. The lowest BCUT2D eigenvalue weighted by molar-refractivity contribution is -0.135. The first-order valence-electron chi connectivity index (χ1n) is 6.81. The van der Waals surface area contributed by atoms with Gasteiger partial charge in [0, 0.05) is 5.56 Å². The van der Waals surface area contributed by atoms with E-state index in [0.29, 0.717) is 17.1 Å². The Morgan fingerprint density at radius 1 is 0.833 bits per heavy atom. The molecule has 0 spiro atoms. The van der Waals surface area contributed by atoms with E-state index in [1.165, 1.54) is 13.8 Å². The summed E-state index contributed by atoms with van der Waals surface area (Å²) in [6.07, 6.45) is 0. The highest BCUT2D eigenvalue weighted by atomic mass is 35.5. The van der Waals surface area contributed by atoms with Gasteiger partial charge in [-0.1, -0.05) is 19.9 Å². The molecule has 0 saturated carbocycles. The number of carbonyl (C=O) groups is 2. The van der Waals surface area contributed by atoms with Crippen LogP contribution in [0.3, 0.4) is 0 Å². The number of benzene rings is 1. The maximum absolute atomic E-state index is 11.7. The van der Waals surface area contributed by atoms with Gasteiger partial charge >= 0.3 is 11.9 Å². The Balaban J connectivity index is -0.00000147. The molecule has 0 saturated heterocycles. The zero-order valence-corrected chi connectivity index (χ0v) is 16.4. The van der Waals surface area contributed by atoms with Crippen molar-refractivity contribution < 1.29 is 19.1 Å². The molecule has 2 atom stereocenters. The van der Waals surface area contributed by atoms with Gasteiger partial charge in [0.25, 0.3) is 0 Å². The topological polar surface area (TPSA) is 105 Å². The largest absolute Gasteiger partial charge is 0.425 e. The standard InChI is InChI=1S/C15H22N2O4.3ClH/c1-8(2)13-11(20-14(18)9(3)16)6-5-7-12(13)21-15(19)10(4)17;;;/h5-10H,16-17H2,1-4H3;3*1H. The summed E-state index contributed by atoms with van der Waals surface area (Å²) in [5.74, 6) is -0.442. The average molecular weight is 404 g/mol. The van der Waals surface area contributed by atoms with Crippen LogP contribution in [0.5, 0.6) is 11.5 Å². The van der Waals surface area contributed by atoms with Gasteiger partial charge in [0.15, 0.2) is 0 Å². The molecule has 4 N–H and O–H groups in total. The zero-order chi connectivity index (χ0) is 16.2. The van der Waals surface area contributed by atoms with Crippen LogP contribution in [0.4, 0.5) is 0 Å². The summed E-state index contributed by atoms with van der Waals surface area (Å²) in [4.78, 5) is 23.3. The predicted octanol–water partition coefficient (Wildman–Crippen LogP) is 2.58. The molecule has 2 unspecified atom stereocenters. The van der Waals surface area contributed by atoms with Crippen molar-refractivity contribution in [2.45, 2.75) is 45.7 Å². The number of hydrogen-bond acceptors (Lipinski definition) is 6. The predicted molar refractivity (Wildman–Crippen MR) is 101 cm³/mol. The molecule has 140 valence electrons. The molecule has 6 nitrogen and oxygen atoms in total. The van der Waals surface area contributed by atoms with Crippen molar-refractivity contribution >= 4 is 49.2 Å². The van der Waals surface area contributed by atoms with E-state index in [4.69, 9.17) is 20.9 Å². The number of halogens is 3. The number of rotatable bonds is 5. The number of hydrogen-bond donors (Lipinski definition) is 2. The molecule has 9 heteroatoms. The number of nitrogens with two attached hydrogens (primary N) is 2. The van der Waals surface area contributed by atoms with Gasteiger partial charge in [-0.3, -0.25) is 0 Å². The van der Waals surface area contributed by atoms with Crippen LogP contribution in [0.1, 0.15) is 39.2 Å². The average Bonchev–Trinajstić information content (AvgIpc) is 2.38. The summed E-state index contributed by atoms with van der Waals surface area (Å²) >= 11 is 0. The highest BCUT2D eigenvalue weighted by Gasteiger charge is 2.21. The van der Waals surface area contributed by atoms with Crippen LogP contribution in [-0.4, -0.2) is 24.0 Å². The molecule has 0 amide bonds. The van der Waals surface area contributed by atoms with Crippen molar-refractivity contribution in [3.8, 4) is 11.5 Å². The van der Waals surface area contributed by atoms with Gasteiger partial charge < -0.3 is 20.9 Å². The molecule has 0 bridgehead atoms. The Morgan fingerprint density at radius 2 is 1.17 bits per heavy atom. The normalized spacial score (nSPS) is 12.0. The van der Waals surface area contributed by atoms with Crippen molar-refractivity contribution in [3.63, 3.8) is 0 Å². The van der Waals surface area contributed by atoms with Gasteiger partial charge in [-0.15, -0.1) is 37.2 Å². The Labute approximate surface area is 160 Å². The highest BCUT2D eigenvalue weighted by molar-refractivity contribution is 5.86. The lowest BCUT2D eigenvalue weighted by Crippen LogP contribution is -2.32. The molecule has 0 radical (unpaired) electrons. The lowest BCUT2D eigenvalue weighted by atomic mass is 10.0. The molecule has 0 aliphatic heterocycles.